The summed E-state index contributed by atoms with van der Waals surface area (Å²) in [5.41, 5.74) is 2.38. The molecule has 0 radical (unpaired) electrons. The van der Waals surface area contributed by atoms with Gasteiger partial charge in [-0.25, -0.2) is 0 Å². The first-order valence-corrected chi connectivity index (χ1v) is 6.93. The first kappa shape index (κ1) is 14.1. The zero-order chi connectivity index (χ0) is 14.0. The molecule has 1 atom stereocenters. The van der Waals surface area contributed by atoms with Gasteiger partial charge in [0.15, 0.2) is 0 Å². The van der Waals surface area contributed by atoms with Crippen LogP contribution in [0.4, 0.5) is 5.69 Å². The van der Waals surface area contributed by atoms with E-state index in [2.05, 4.69) is 32.9 Å². The summed E-state index contributed by atoms with van der Waals surface area (Å²) in [6, 6.07) is 8.25. The summed E-state index contributed by atoms with van der Waals surface area (Å²) < 4.78 is 0. The van der Waals surface area contributed by atoms with E-state index in [1.54, 1.807) is 0 Å². The molecule has 2 rings (SSSR count). The average molecular weight is 261 g/mol. The number of amides is 1. The third-order valence-corrected chi connectivity index (χ3v) is 3.79. The summed E-state index contributed by atoms with van der Waals surface area (Å²) in [7, 11) is 0. The number of hydrogen-bond donors (Lipinski definition) is 1. The smallest absolute Gasteiger partial charge is 0.227 e. The Labute approximate surface area is 115 Å². The molecule has 1 aromatic rings. The molecule has 1 unspecified atom stereocenters. The second-order valence-corrected chi connectivity index (χ2v) is 6.38. The van der Waals surface area contributed by atoms with Crippen LogP contribution < -0.4 is 4.90 Å². The lowest BCUT2D eigenvalue weighted by molar-refractivity contribution is -0.117. The minimum atomic E-state index is 0.132. The van der Waals surface area contributed by atoms with Crippen molar-refractivity contribution in [2.24, 2.45) is 5.92 Å². The van der Waals surface area contributed by atoms with Gasteiger partial charge in [0.25, 0.3) is 0 Å². The van der Waals surface area contributed by atoms with Gasteiger partial charge in [-0.2, -0.15) is 0 Å². The van der Waals surface area contributed by atoms with E-state index in [0.29, 0.717) is 18.8 Å². The maximum atomic E-state index is 12.0. The average Bonchev–Trinajstić information content (AvgIpc) is 2.70. The van der Waals surface area contributed by atoms with Crippen LogP contribution in [0.15, 0.2) is 24.3 Å². The normalized spacial score (nSPS) is 20.1. The van der Waals surface area contributed by atoms with Gasteiger partial charge in [0.2, 0.25) is 5.91 Å². The third kappa shape index (κ3) is 3.16. The number of carbonyl (C=O) groups is 1. The van der Waals surface area contributed by atoms with Gasteiger partial charge < -0.3 is 10.0 Å². The first-order valence-electron chi connectivity index (χ1n) is 6.93. The van der Waals surface area contributed by atoms with Gasteiger partial charge in [0.05, 0.1) is 0 Å². The zero-order valence-electron chi connectivity index (χ0n) is 12.0. The molecule has 3 heteroatoms. The van der Waals surface area contributed by atoms with Crippen molar-refractivity contribution >= 4 is 11.6 Å². The number of benzene rings is 1. The van der Waals surface area contributed by atoms with E-state index in [0.717, 1.165) is 12.2 Å². The molecule has 0 saturated carbocycles. The van der Waals surface area contributed by atoms with Gasteiger partial charge in [-0.3, -0.25) is 4.79 Å². The molecule has 1 fully saturated rings. The van der Waals surface area contributed by atoms with Crippen molar-refractivity contribution in [2.45, 2.75) is 39.0 Å². The number of nitrogens with zero attached hydrogens (tertiary/aromatic N) is 1. The molecule has 3 nitrogen and oxygen atoms in total. The minimum Gasteiger partial charge on any atom is -0.396 e. The van der Waals surface area contributed by atoms with Crippen LogP contribution in [0.1, 0.15) is 39.2 Å². The Bertz CT molecular complexity index is 445. The largest absolute Gasteiger partial charge is 0.396 e. The number of aliphatic hydroxyl groups excluding tert-OH is 1. The minimum absolute atomic E-state index is 0.132. The van der Waals surface area contributed by atoms with Gasteiger partial charge in [-0.05, 0) is 35.4 Å². The first-order chi connectivity index (χ1) is 8.91. The highest BCUT2D eigenvalue weighted by molar-refractivity contribution is 5.95. The molecule has 104 valence electrons. The molecule has 1 aromatic carbocycles. The molecule has 1 N–H and O–H groups in total. The fraction of sp³-hybridized carbons (Fsp3) is 0.562. The number of carbonyl (C=O) groups excluding carboxylic acids is 1. The van der Waals surface area contributed by atoms with Crippen LogP contribution in [0.5, 0.6) is 0 Å². The van der Waals surface area contributed by atoms with Gasteiger partial charge in [-0.15, -0.1) is 0 Å². The highest BCUT2D eigenvalue weighted by Crippen LogP contribution is 2.29. The topological polar surface area (TPSA) is 40.5 Å². The highest BCUT2D eigenvalue weighted by Gasteiger charge is 2.30. The monoisotopic (exact) mass is 261 g/mol. The summed E-state index contributed by atoms with van der Waals surface area (Å²) in [6.07, 6.45) is 1.27. The van der Waals surface area contributed by atoms with E-state index in [1.165, 1.54) is 5.56 Å². The van der Waals surface area contributed by atoms with Crippen LogP contribution >= 0.6 is 0 Å². The predicted molar refractivity (Wildman–Crippen MR) is 77.3 cm³/mol. The number of hydrogen-bond acceptors (Lipinski definition) is 2. The van der Waals surface area contributed by atoms with Crippen LogP contribution in [-0.2, 0) is 10.2 Å². The Hall–Kier alpha value is -1.35. The van der Waals surface area contributed by atoms with Gasteiger partial charge in [0.1, 0.15) is 0 Å². The lowest BCUT2D eigenvalue weighted by atomic mass is 9.87. The molecule has 0 spiro atoms. The lowest BCUT2D eigenvalue weighted by Gasteiger charge is -2.21. The van der Waals surface area contributed by atoms with Crippen molar-refractivity contribution in [3.8, 4) is 0 Å². The van der Waals surface area contributed by atoms with Crippen molar-refractivity contribution in [3.05, 3.63) is 29.8 Å². The maximum Gasteiger partial charge on any atom is 0.227 e. The maximum absolute atomic E-state index is 12.0. The van der Waals surface area contributed by atoms with Crippen molar-refractivity contribution in [1.29, 1.82) is 0 Å². The Morgan fingerprint density at radius 1 is 1.26 bits per heavy atom. The Kier molecular flexibility index (Phi) is 3.95. The molecule has 1 heterocycles. The standard InChI is InChI=1S/C16H23NO2/c1-16(2,3)13-4-6-14(7-5-13)17-11-12(8-9-18)10-15(17)19/h4-7,12,18H,8-11H2,1-3H3. The molecule has 0 aromatic heterocycles. The summed E-state index contributed by atoms with van der Waals surface area (Å²) >= 11 is 0. The van der Waals surface area contributed by atoms with E-state index in [4.69, 9.17) is 5.11 Å². The predicted octanol–water partition coefficient (Wildman–Crippen LogP) is 2.72. The Balaban J connectivity index is 2.13. The van der Waals surface area contributed by atoms with Crippen molar-refractivity contribution in [1.82, 2.24) is 0 Å². The van der Waals surface area contributed by atoms with Gasteiger partial charge in [-0.1, -0.05) is 32.9 Å². The molecule has 1 amide bonds. The highest BCUT2D eigenvalue weighted by atomic mass is 16.3. The Morgan fingerprint density at radius 2 is 1.89 bits per heavy atom. The Morgan fingerprint density at radius 3 is 2.42 bits per heavy atom. The second-order valence-electron chi connectivity index (χ2n) is 6.38. The summed E-state index contributed by atoms with van der Waals surface area (Å²) in [5, 5.41) is 8.97. The molecule has 19 heavy (non-hydrogen) atoms. The summed E-state index contributed by atoms with van der Waals surface area (Å²) in [5.74, 6) is 0.460. The van der Waals surface area contributed by atoms with Crippen LogP contribution in [0.3, 0.4) is 0 Å². The van der Waals surface area contributed by atoms with Crippen LogP contribution in [0, 0.1) is 5.92 Å². The van der Waals surface area contributed by atoms with Crippen molar-refractivity contribution < 1.29 is 9.90 Å². The molecule has 1 aliphatic rings. The quantitative estimate of drug-likeness (QED) is 0.909. The van der Waals surface area contributed by atoms with E-state index < -0.39 is 0 Å². The molecule has 0 aliphatic carbocycles. The SMILES string of the molecule is CC(C)(C)c1ccc(N2CC(CCO)CC2=O)cc1. The van der Waals surface area contributed by atoms with Crippen molar-refractivity contribution in [2.75, 3.05) is 18.1 Å². The summed E-state index contributed by atoms with van der Waals surface area (Å²) in [4.78, 5) is 13.8. The molecule has 1 saturated heterocycles. The van der Waals surface area contributed by atoms with E-state index in [1.807, 2.05) is 17.0 Å². The van der Waals surface area contributed by atoms with E-state index >= 15 is 0 Å². The molecular weight excluding hydrogens is 238 g/mol. The van der Waals surface area contributed by atoms with Gasteiger partial charge in [0, 0.05) is 25.3 Å². The number of anilines is 1. The van der Waals surface area contributed by atoms with Crippen LogP contribution in [-0.4, -0.2) is 24.2 Å². The van der Waals surface area contributed by atoms with Crippen molar-refractivity contribution in [3.63, 3.8) is 0 Å². The fourth-order valence-corrected chi connectivity index (χ4v) is 2.55. The molecular formula is C16H23NO2. The summed E-state index contributed by atoms with van der Waals surface area (Å²) in [6.45, 7) is 7.43. The van der Waals surface area contributed by atoms with E-state index in [-0.39, 0.29) is 17.9 Å². The van der Waals surface area contributed by atoms with Crippen LogP contribution in [0.25, 0.3) is 0 Å². The fourth-order valence-electron chi connectivity index (χ4n) is 2.55. The second kappa shape index (κ2) is 5.33. The van der Waals surface area contributed by atoms with E-state index in [9.17, 15) is 4.79 Å². The number of rotatable bonds is 3. The van der Waals surface area contributed by atoms with Gasteiger partial charge >= 0.3 is 0 Å². The molecule has 1 aliphatic heterocycles. The number of aliphatic hydroxyl groups is 1. The third-order valence-electron chi connectivity index (χ3n) is 3.79. The van der Waals surface area contributed by atoms with Crippen LogP contribution in [0.2, 0.25) is 0 Å². The zero-order valence-corrected chi connectivity index (χ0v) is 12.0. The lowest BCUT2D eigenvalue weighted by Crippen LogP contribution is -2.24. The molecule has 0 bridgehead atoms.